The molecule has 1 fully saturated rings. The van der Waals surface area contributed by atoms with E-state index in [9.17, 15) is 4.79 Å². The molecule has 2 heterocycles. The Kier molecular flexibility index (Phi) is 4.01. The number of pyridine rings is 1. The van der Waals surface area contributed by atoms with Crippen LogP contribution in [-0.2, 0) is 4.74 Å². The first-order valence-electron chi connectivity index (χ1n) is 6.35. The first kappa shape index (κ1) is 13.8. The van der Waals surface area contributed by atoms with Crippen LogP contribution >= 0.6 is 0 Å². The van der Waals surface area contributed by atoms with Crippen LogP contribution in [0.3, 0.4) is 0 Å². The van der Waals surface area contributed by atoms with Crippen LogP contribution in [0.1, 0.15) is 30.3 Å². The number of piperidine rings is 1. The van der Waals surface area contributed by atoms with Gasteiger partial charge in [-0.2, -0.15) is 0 Å². The average molecular weight is 264 g/mol. The first-order valence-corrected chi connectivity index (χ1v) is 6.35. The third kappa shape index (κ3) is 3.02. The molecule has 104 valence electrons. The Morgan fingerprint density at radius 3 is 3.11 bits per heavy atom. The van der Waals surface area contributed by atoms with Gasteiger partial charge >= 0.3 is 0 Å². The van der Waals surface area contributed by atoms with Crippen molar-refractivity contribution in [2.45, 2.75) is 25.4 Å². The van der Waals surface area contributed by atoms with Crippen LogP contribution in [0.25, 0.3) is 0 Å². The van der Waals surface area contributed by atoms with Crippen molar-refractivity contribution in [2.24, 2.45) is 5.84 Å². The highest BCUT2D eigenvalue weighted by atomic mass is 16.5. The molecular formula is C13H20N4O2. The van der Waals surface area contributed by atoms with Crippen molar-refractivity contribution in [1.29, 1.82) is 0 Å². The summed E-state index contributed by atoms with van der Waals surface area (Å²) in [6.07, 6.45) is 3.47. The van der Waals surface area contributed by atoms with Crippen LogP contribution < -0.4 is 11.3 Å². The third-order valence-corrected chi connectivity index (χ3v) is 3.58. The molecule has 1 aliphatic rings. The molecule has 19 heavy (non-hydrogen) atoms. The third-order valence-electron chi connectivity index (χ3n) is 3.58. The second kappa shape index (κ2) is 5.54. The average Bonchev–Trinajstić information content (AvgIpc) is 2.46. The molecule has 0 radical (unpaired) electrons. The van der Waals surface area contributed by atoms with Gasteiger partial charge in [-0.1, -0.05) is 0 Å². The van der Waals surface area contributed by atoms with E-state index in [4.69, 9.17) is 10.6 Å². The number of nitrogen functional groups attached to an aromatic ring is 1. The maximum absolute atomic E-state index is 12.4. The van der Waals surface area contributed by atoms with Crippen molar-refractivity contribution in [3.63, 3.8) is 0 Å². The minimum absolute atomic E-state index is 0.0833. The molecule has 0 bridgehead atoms. The van der Waals surface area contributed by atoms with Crippen LogP contribution in [0, 0.1) is 0 Å². The zero-order chi connectivity index (χ0) is 13.9. The van der Waals surface area contributed by atoms with E-state index in [2.05, 4.69) is 10.4 Å². The molecule has 0 spiro atoms. The quantitative estimate of drug-likeness (QED) is 0.629. The molecule has 0 aromatic carbocycles. The molecule has 1 atom stereocenters. The van der Waals surface area contributed by atoms with E-state index in [0.717, 1.165) is 19.4 Å². The van der Waals surface area contributed by atoms with Crippen LogP contribution in [-0.4, -0.2) is 41.6 Å². The summed E-state index contributed by atoms with van der Waals surface area (Å²) in [5.74, 6) is 5.26. The molecule has 1 aliphatic heterocycles. The second-order valence-corrected chi connectivity index (χ2v) is 5.06. The van der Waals surface area contributed by atoms with Crippen LogP contribution in [0.4, 0.5) is 5.69 Å². The molecule has 0 aliphatic carbocycles. The fourth-order valence-corrected chi connectivity index (χ4v) is 2.34. The number of carbonyl (C=O) groups excluding carboxylic acids is 1. The SMILES string of the molecule is COC1(C)CCCN(C(=O)c2cc(NN)ccn2)C1. The number of carbonyl (C=O) groups is 1. The largest absolute Gasteiger partial charge is 0.377 e. The maximum Gasteiger partial charge on any atom is 0.272 e. The molecule has 6 heteroatoms. The number of aromatic nitrogens is 1. The number of hydrazine groups is 1. The van der Waals surface area contributed by atoms with E-state index in [1.807, 2.05) is 6.92 Å². The standard InChI is InChI=1S/C13H20N4O2/c1-13(19-2)5-3-7-17(9-13)12(18)11-8-10(16-14)4-6-15-11/h4,6,8H,3,5,7,9,14H2,1-2H3,(H,15,16). The fourth-order valence-electron chi connectivity index (χ4n) is 2.34. The van der Waals surface area contributed by atoms with Crippen LogP contribution in [0.5, 0.6) is 0 Å². The minimum Gasteiger partial charge on any atom is -0.377 e. The fraction of sp³-hybridized carbons (Fsp3) is 0.538. The Morgan fingerprint density at radius 2 is 2.42 bits per heavy atom. The van der Waals surface area contributed by atoms with Crippen LogP contribution in [0.2, 0.25) is 0 Å². The van der Waals surface area contributed by atoms with E-state index in [0.29, 0.717) is 17.9 Å². The molecule has 1 saturated heterocycles. The topological polar surface area (TPSA) is 80.5 Å². The smallest absolute Gasteiger partial charge is 0.272 e. The normalized spacial score (nSPS) is 23.2. The molecular weight excluding hydrogens is 244 g/mol. The Balaban J connectivity index is 2.14. The summed E-state index contributed by atoms with van der Waals surface area (Å²) in [5, 5.41) is 0. The summed E-state index contributed by atoms with van der Waals surface area (Å²) < 4.78 is 5.49. The Bertz CT molecular complexity index is 466. The van der Waals surface area contributed by atoms with Gasteiger partial charge in [-0.05, 0) is 31.9 Å². The lowest BCUT2D eigenvalue weighted by molar-refractivity contribution is -0.0441. The van der Waals surface area contributed by atoms with Crippen molar-refractivity contribution in [3.8, 4) is 0 Å². The number of nitrogens with one attached hydrogen (secondary N) is 1. The van der Waals surface area contributed by atoms with Gasteiger partial charge in [0.1, 0.15) is 5.69 Å². The number of anilines is 1. The van der Waals surface area contributed by atoms with E-state index in [-0.39, 0.29) is 11.5 Å². The number of likely N-dealkylation sites (tertiary alicyclic amines) is 1. The highest BCUT2D eigenvalue weighted by molar-refractivity contribution is 5.93. The van der Waals surface area contributed by atoms with Crippen molar-refractivity contribution < 1.29 is 9.53 Å². The number of nitrogens with two attached hydrogens (primary N) is 1. The van der Waals surface area contributed by atoms with Crippen LogP contribution in [0.15, 0.2) is 18.3 Å². The predicted molar refractivity (Wildman–Crippen MR) is 72.6 cm³/mol. The Morgan fingerprint density at radius 1 is 1.63 bits per heavy atom. The molecule has 2 rings (SSSR count). The summed E-state index contributed by atoms with van der Waals surface area (Å²) in [5.41, 5.74) is 3.32. The van der Waals surface area contributed by atoms with Crippen molar-refractivity contribution in [2.75, 3.05) is 25.6 Å². The lowest BCUT2D eigenvalue weighted by Gasteiger charge is -2.39. The molecule has 1 amide bonds. The van der Waals surface area contributed by atoms with Gasteiger partial charge < -0.3 is 15.1 Å². The van der Waals surface area contributed by atoms with Gasteiger partial charge in [0, 0.05) is 26.4 Å². The van der Waals surface area contributed by atoms with Gasteiger partial charge in [-0.25, -0.2) is 0 Å². The van der Waals surface area contributed by atoms with Crippen molar-refractivity contribution >= 4 is 11.6 Å². The van der Waals surface area contributed by atoms with Gasteiger partial charge in [0.15, 0.2) is 0 Å². The maximum atomic E-state index is 12.4. The number of nitrogens with zero attached hydrogens (tertiary/aromatic N) is 2. The first-order chi connectivity index (χ1) is 9.08. The summed E-state index contributed by atoms with van der Waals surface area (Å²) in [6, 6.07) is 3.37. The van der Waals surface area contributed by atoms with Gasteiger partial charge in [-0.3, -0.25) is 15.6 Å². The molecule has 0 saturated carbocycles. The van der Waals surface area contributed by atoms with Gasteiger partial charge in [0.25, 0.3) is 5.91 Å². The van der Waals surface area contributed by atoms with Gasteiger partial charge in [0.05, 0.1) is 11.3 Å². The number of rotatable bonds is 3. The highest BCUT2D eigenvalue weighted by Crippen LogP contribution is 2.25. The zero-order valence-electron chi connectivity index (χ0n) is 11.3. The van der Waals surface area contributed by atoms with E-state index in [1.165, 1.54) is 0 Å². The molecule has 6 nitrogen and oxygen atoms in total. The number of amides is 1. The van der Waals surface area contributed by atoms with E-state index < -0.39 is 0 Å². The van der Waals surface area contributed by atoms with E-state index >= 15 is 0 Å². The Hall–Kier alpha value is -1.66. The van der Waals surface area contributed by atoms with Gasteiger partial charge in [0.2, 0.25) is 0 Å². The molecule has 1 aromatic heterocycles. The lowest BCUT2D eigenvalue weighted by atomic mass is 9.94. The summed E-state index contributed by atoms with van der Waals surface area (Å²) in [4.78, 5) is 18.3. The summed E-state index contributed by atoms with van der Waals surface area (Å²) in [6.45, 7) is 3.35. The molecule has 3 N–H and O–H groups in total. The monoisotopic (exact) mass is 264 g/mol. The van der Waals surface area contributed by atoms with Crippen molar-refractivity contribution in [3.05, 3.63) is 24.0 Å². The number of hydrogen-bond acceptors (Lipinski definition) is 5. The number of ether oxygens (including phenoxy) is 1. The number of hydrogen-bond donors (Lipinski definition) is 2. The Labute approximate surface area is 112 Å². The highest BCUT2D eigenvalue weighted by Gasteiger charge is 2.33. The summed E-state index contributed by atoms with van der Waals surface area (Å²) in [7, 11) is 1.69. The molecule has 1 unspecified atom stereocenters. The molecule has 1 aromatic rings. The van der Waals surface area contributed by atoms with Crippen molar-refractivity contribution in [1.82, 2.24) is 9.88 Å². The predicted octanol–water partition coefficient (Wildman–Crippen LogP) is 1.01. The minimum atomic E-state index is -0.266. The number of methoxy groups -OCH3 is 1. The van der Waals surface area contributed by atoms with Gasteiger partial charge in [-0.15, -0.1) is 0 Å². The zero-order valence-corrected chi connectivity index (χ0v) is 11.3. The van der Waals surface area contributed by atoms with E-state index in [1.54, 1.807) is 30.3 Å². The summed E-state index contributed by atoms with van der Waals surface area (Å²) >= 11 is 0. The lowest BCUT2D eigenvalue weighted by Crippen LogP contribution is -2.49. The second-order valence-electron chi connectivity index (χ2n) is 5.06.